The second-order valence-corrected chi connectivity index (χ2v) is 23.9. The van der Waals surface area contributed by atoms with Gasteiger partial charge in [0.05, 0.1) is 30.3 Å². The Morgan fingerprint density at radius 1 is 1.00 bits per heavy atom. The Kier molecular flexibility index (Phi) is 11.6. The van der Waals surface area contributed by atoms with Crippen LogP contribution < -0.4 is 14.4 Å². The number of nitrogens with zero attached hydrogens (tertiary/aromatic N) is 5. The smallest absolute Gasteiger partial charge is 0.410 e. The van der Waals surface area contributed by atoms with Crippen molar-refractivity contribution < 1.29 is 32.5 Å². The maximum Gasteiger partial charge on any atom is 0.410 e. The van der Waals surface area contributed by atoms with Crippen LogP contribution in [0.4, 0.5) is 19.4 Å². The SMILES string of the molecule is COCOc1cc(-c2nc3c4c(nc(SC)nc4c2F)N2C[C@H]4CC[C@@H]([C@H]2CCO3)N4C(=O)OC(C)(C)C)c2c(C#C[Si](C(C)C)(C(C)C)C(C)C)c(F)ccc2c1. The molecule has 2 saturated heterocycles. The van der Waals surface area contributed by atoms with Gasteiger partial charge in [0.25, 0.3) is 0 Å². The second-order valence-electron chi connectivity index (χ2n) is 17.6. The quantitative estimate of drug-likeness (QED) is 0.0561. The van der Waals surface area contributed by atoms with E-state index in [9.17, 15) is 4.79 Å². The van der Waals surface area contributed by atoms with Crippen LogP contribution in [0.1, 0.15) is 87.1 Å². The van der Waals surface area contributed by atoms with Gasteiger partial charge in [0.1, 0.15) is 47.7 Å². The molecular formula is C44H55F2N5O5SSi. The van der Waals surface area contributed by atoms with E-state index >= 15 is 8.78 Å². The van der Waals surface area contributed by atoms with E-state index in [4.69, 9.17) is 33.9 Å². The van der Waals surface area contributed by atoms with Gasteiger partial charge in [0.15, 0.2) is 17.8 Å². The molecule has 3 aliphatic heterocycles. The number of ether oxygens (including phenoxy) is 4. The summed E-state index contributed by atoms with van der Waals surface area (Å²) in [5.74, 6) is 3.24. The number of anilines is 1. The summed E-state index contributed by atoms with van der Waals surface area (Å²) in [7, 11) is -0.781. The molecule has 1 amide bonds. The molecule has 310 valence electrons. The molecule has 7 rings (SSSR count). The molecule has 10 nitrogen and oxygen atoms in total. The van der Waals surface area contributed by atoms with Crippen LogP contribution in [0.2, 0.25) is 16.6 Å². The lowest BCUT2D eigenvalue weighted by Crippen LogP contribution is -2.62. The number of amides is 1. The van der Waals surface area contributed by atoms with E-state index in [2.05, 4.69) is 57.9 Å². The summed E-state index contributed by atoms with van der Waals surface area (Å²) in [6.07, 6.45) is 3.70. The van der Waals surface area contributed by atoms with Crippen molar-refractivity contribution in [2.75, 3.05) is 38.2 Å². The average Bonchev–Trinajstić information content (AvgIpc) is 3.49. The Bertz CT molecular complexity index is 2290. The number of pyridine rings is 1. The predicted octanol–water partition coefficient (Wildman–Crippen LogP) is 10.1. The zero-order valence-electron chi connectivity index (χ0n) is 35.5. The van der Waals surface area contributed by atoms with E-state index in [1.54, 1.807) is 18.2 Å². The van der Waals surface area contributed by atoms with Gasteiger partial charge >= 0.3 is 6.09 Å². The van der Waals surface area contributed by atoms with Crippen molar-refractivity contribution in [2.24, 2.45) is 0 Å². The summed E-state index contributed by atoms with van der Waals surface area (Å²) < 4.78 is 57.5. The van der Waals surface area contributed by atoms with Gasteiger partial charge in [-0.15, -0.1) is 5.54 Å². The number of carbonyl (C=O) groups excluding carboxylic acids is 1. The Balaban J connectivity index is 1.45. The molecule has 0 saturated carbocycles. The van der Waals surface area contributed by atoms with Crippen LogP contribution in [-0.4, -0.2) is 91.1 Å². The maximum atomic E-state index is 17.7. The van der Waals surface area contributed by atoms with Crippen molar-refractivity contribution in [3.05, 3.63) is 41.5 Å². The fourth-order valence-corrected chi connectivity index (χ4v) is 15.3. The fraction of sp³-hybridized carbons (Fsp3) is 0.545. The van der Waals surface area contributed by atoms with Gasteiger partial charge in [0.2, 0.25) is 5.88 Å². The molecular weight excluding hydrogens is 777 g/mol. The topological polar surface area (TPSA) is 99.1 Å². The van der Waals surface area contributed by atoms with Crippen molar-refractivity contribution in [1.29, 1.82) is 0 Å². The molecule has 14 heteroatoms. The zero-order valence-corrected chi connectivity index (χ0v) is 37.3. The highest BCUT2D eigenvalue weighted by Gasteiger charge is 2.51. The highest BCUT2D eigenvalue weighted by atomic mass is 32.2. The van der Waals surface area contributed by atoms with Crippen molar-refractivity contribution in [1.82, 2.24) is 19.9 Å². The first-order valence-corrected chi connectivity index (χ1v) is 23.7. The van der Waals surface area contributed by atoms with E-state index in [0.29, 0.717) is 68.0 Å². The molecule has 2 aromatic carbocycles. The van der Waals surface area contributed by atoms with Crippen LogP contribution in [0.5, 0.6) is 11.6 Å². The number of aromatic nitrogens is 3. The number of fused-ring (bicyclic) bond motifs is 6. The number of piperazine rings is 1. The van der Waals surface area contributed by atoms with Gasteiger partial charge in [-0.1, -0.05) is 65.3 Å². The molecule has 0 radical (unpaired) electrons. The predicted molar refractivity (Wildman–Crippen MR) is 229 cm³/mol. The first kappa shape index (κ1) is 41.9. The van der Waals surface area contributed by atoms with Crippen LogP contribution >= 0.6 is 11.8 Å². The minimum Gasteiger partial charge on any atom is -0.477 e. The van der Waals surface area contributed by atoms with Crippen LogP contribution in [-0.2, 0) is 9.47 Å². The monoisotopic (exact) mass is 831 g/mol. The van der Waals surface area contributed by atoms with Crippen molar-refractivity contribution >= 4 is 53.4 Å². The summed E-state index contributed by atoms with van der Waals surface area (Å²) in [6.45, 7) is 19.6. The van der Waals surface area contributed by atoms with Crippen molar-refractivity contribution in [2.45, 2.75) is 127 Å². The van der Waals surface area contributed by atoms with E-state index < -0.39 is 25.3 Å². The summed E-state index contributed by atoms with van der Waals surface area (Å²) in [5, 5.41) is 1.77. The first-order chi connectivity index (χ1) is 27.5. The lowest BCUT2D eigenvalue weighted by Gasteiger charge is -2.48. The van der Waals surface area contributed by atoms with Crippen LogP contribution in [0.3, 0.4) is 0 Å². The van der Waals surface area contributed by atoms with Crippen molar-refractivity contribution in [3.8, 4) is 34.4 Å². The Morgan fingerprint density at radius 2 is 1.72 bits per heavy atom. The van der Waals surface area contributed by atoms with E-state index in [-0.39, 0.29) is 60.3 Å². The van der Waals surface area contributed by atoms with Gasteiger partial charge in [-0.05, 0) is 80.1 Å². The number of rotatable bonds is 8. The molecule has 2 bridgehead atoms. The molecule has 0 spiro atoms. The molecule has 3 atom stereocenters. The third kappa shape index (κ3) is 7.36. The van der Waals surface area contributed by atoms with E-state index in [1.165, 1.54) is 24.9 Å². The van der Waals surface area contributed by atoms with Crippen LogP contribution in [0.15, 0.2) is 29.4 Å². The van der Waals surface area contributed by atoms with Gasteiger partial charge in [-0.2, -0.15) is 0 Å². The number of methoxy groups -OCH3 is 1. The number of benzene rings is 2. The fourth-order valence-electron chi connectivity index (χ4n) is 9.73. The van der Waals surface area contributed by atoms with Gasteiger partial charge in [-0.25, -0.2) is 28.5 Å². The van der Waals surface area contributed by atoms with Gasteiger partial charge < -0.3 is 23.8 Å². The number of hydrogen-bond acceptors (Lipinski definition) is 10. The number of halogens is 2. The molecule has 3 aliphatic rings. The minimum absolute atomic E-state index is 0.0446. The molecule has 2 aromatic heterocycles. The molecule has 2 fully saturated rings. The van der Waals surface area contributed by atoms with Gasteiger partial charge in [0, 0.05) is 31.0 Å². The summed E-state index contributed by atoms with van der Waals surface area (Å²) in [5.41, 5.74) is 4.47. The normalized spacial score (nSPS) is 19.3. The second kappa shape index (κ2) is 16.1. The number of hydrogen-bond donors (Lipinski definition) is 0. The maximum absolute atomic E-state index is 17.7. The molecule has 0 N–H and O–H groups in total. The van der Waals surface area contributed by atoms with E-state index in [1.807, 2.05) is 31.9 Å². The molecule has 5 heterocycles. The number of carbonyl (C=O) groups is 1. The van der Waals surface area contributed by atoms with Crippen LogP contribution in [0, 0.1) is 23.1 Å². The Morgan fingerprint density at radius 3 is 2.38 bits per heavy atom. The summed E-state index contributed by atoms with van der Waals surface area (Å²) in [4.78, 5) is 32.3. The summed E-state index contributed by atoms with van der Waals surface area (Å²) in [6, 6.07) is 6.10. The molecule has 0 aliphatic carbocycles. The standard InChI is InChI=1S/C44H55F2N5O5SSi/c1-24(2)58(25(3)4,26(5)6)19-17-30-32(45)14-12-27-20-29(55-23-53-10)21-31(35(27)30)38-37(46)39-36-40(49-42(48-39)57-11)50-22-28-13-15-34(33(50)16-18-54-41(36)47-38)51(28)43(52)56-44(7,8)9/h12,14,20-21,24-26,28,33-34H,13,15-16,18,22-23H2,1-11H3/t28-,33-,34+/m1/s1. The van der Waals surface area contributed by atoms with Gasteiger partial charge in [-0.3, -0.25) is 4.90 Å². The minimum atomic E-state index is -2.30. The molecule has 58 heavy (non-hydrogen) atoms. The average molecular weight is 832 g/mol. The van der Waals surface area contributed by atoms with Crippen molar-refractivity contribution in [3.63, 3.8) is 0 Å². The third-order valence-electron chi connectivity index (χ3n) is 12.1. The highest BCUT2D eigenvalue weighted by Crippen LogP contribution is 2.47. The molecule has 0 unspecified atom stereocenters. The zero-order chi connectivity index (χ0) is 41.8. The van der Waals surface area contributed by atoms with E-state index in [0.717, 1.165) is 12.8 Å². The molecule has 4 aromatic rings. The first-order valence-electron chi connectivity index (χ1n) is 20.3. The lowest BCUT2D eigenvalue weighted by molar-refractivity contribution is 0.00637. The largest absolute Gasteiger partial charge is 0.477 e. The Labute approximate surface area is 345 Å². The Hall–Kier alpha value is -4.19. The lowest BCUT2D eigenvalue weighted by atomic mass is 9.95. The number of thioether (sulfide) groups is 1. The summed E-state index contributed by atoms with van der Waals surface area (Å²) >= 11 is 1.31. The third-order valence-corrected chi connectivity index (χ3v) is 19.0. The highest BCUT2D eigenvalue weighted by molar-refractivity contribution is 7.98. The van der Waals surface area contributed by atoms with Crippen LogP contribution in [0.25, 0.3) is 32.9 Å².